The van der Waals surface area contributed by atoms with Crippen molar-refractivity contribution >= 4 is 18.3 Å². The third-order valence-corrected chi connectivity index (χ3v) is 10.9. The molecule has 0 saturated heterocycles. The number of benzene rings is 4. The molecule has 0 amide bonds. The normalized spacial score (nSPS) is 18.6. The van der Waals surface area contributed by atoms with Crippen LogP contribution < -0.4 is 21.7 Å². The zero-order valence-corrected chi connectivity index (χ0v) is 32.8. The fourth-order valence-corrected chi connectivity index (χ4v) is 7.82. The Hall–Kier alpha value is -6.17. The maximum atomic E-state index is 6.54. The molecule has 0 saturated carbocycles. The van der Waals surface area contributed by atoms with Crippen LogP contribution in [0.3, 0.4) is 0 Å². The number of ether oxygens (including phenoxy) is 1. The van der Waals surface area contributed by atoms with Crippen molar-refractivity contribution in [2.24, 2.45) is 17.5 Å². The van der Waals surface area contributed by atoms with Gasteiger partial charge in [-0.25, -0.2) is 0 Å². The minimum absolute atomic E-state index is 0.0313. The van der Waals surface area contributed by atoms with Crippen LogP contribution in [0.25, 0.3) is 22.4 Å². The number of hydrogen-bond donors (Lipinski definition) is 3. The van der Waals surface area contributed by atoms with Gasteiger partial charge in [0.25, 0.3) is 0 Å². The average Bonchev–Trinajstić information content (AvgIpc) is 3.64. The van der Waals surface area contributed by atoms with Gasteiger partial charge < -0.3 is 5.73 Å². The molecule has 2 aliphatic carbocycles. The molecule has 5 N–H and O–H groups in total. The van der Waals surface area contributed by atoms with Crippen LogP contribution >= 0.6 is 0 Å². The number of rotatable bonds is 12. The molecule has 4 nitrogen and oxygen atoms in total. The van der Waals surface area contributed by atoms with E-state index in [1.54, 1.807) is 0 Å². The molecule has 8 rings (SSSR count). The van der Waals surface area contributed by atoms with Gasteiger partial charge in [-0.3, -0.25) is 0 Å². The van der Waals surface area contributed by atoms with Crippen LogP contribution in [0.2, 0.25) is 0 Å². The van der Waals surface area contributed by atoms with Crippen molar-refractivity contribution in [2.45, 2.75) is 50.5 Å². The molecule has 1 aromatic heterocycles. The Kier molecular flexibility index (Phi) is 13.1. The molecule has 0 radical (unpaired) electrons. The van der Waals surface area contributed by atoms with Crippen LogP contribution in [-0.4, -0.2) is 13.0 Å². The van der Waals surface area contributed by atoms with Gasteiger partial charge in [0.05, 0.1) is 0 Å². The van der Waals surface area contributed by atoms with Crippen LogP contribution in [0.15, 0.2) is 200 Å². The Morgan fingerprint density at radius 3 is 2.25 bits per heavy atom. The standard InChI is InChI=1S/C44H43BN2O.C8H9N/c1-2-12-32(20-19-31-13-6-3-7-14-31)35-21-24-38-40-27-36(23-26-43(40)48-44(38)28-35)41-25-22-37(30-45-41)39(33-15-8-4-9-16-33)29-42(47-46)34-17-10-5-11-18-34;1-7(9)8-5-3-2-4-6-8/h3-11,13,15-18,20-31,38-39,44,47H,2,12,14,19,46H2,1H3;2-6H,1,9H2/b32-20+,42-29-;. The van der Waals surface area contributed by atoms with Gasteiger partial charge in [-0.15, -0.1) is 0 Å². The summed E-state index contributed by atoms with van der Waals surface area (Å²) in [7, 11) is 0. The Morgan fingerprint density at radius 2 is 1.61 bits per heavy atom. The average molecular weight is 746 g/mol. The summed E-state index contributed by atoms with van der Waals surface area (Å²) in [6.07, 6.45) is 25.1. The van der Waals surface area contributed by atoms with Crippen molar-refractivity contribution in [1.29, 1.82) is 0 Å². The second-order valence-corrected chi connectivity index (χ2v) is 14.9. The monoisotopic (exact) mass is 745 g/mol. The van der Waals surface area contributed by atoms with Gasteiger partial charge in [0.15, 0.2) is 0 Å². The summed E-state index contributed by atoms with van der Waals surface area (Å²) in [5, 5.41) is 0. The first-order valence-corrected chi connectivity index (χ1v) is 20.1. The minimum atomic E-state index is 0.0313. The molecule has 2 heterocycles. The van der Waals surface area contributed by atoms with Gasteiger partial charge in [0, 0.05) is 5.70 Å². The van der Waals surface area contributed by atoms with E-state index in [4.69, 9.17) is 16.3 Å². The Labute approximate surface area is 339 Å². The first-order valence-electron chi connectivity index (χ1n) is 20.1. The molecular formula is C52H52BN3O. The summed E-state index contributed by atoms with van der Waals surface area (Å²) in [6, 6.07) is 41.7. The van der Waals surface area contributed by atoms with E-state index in [-0.39, 0.29) is 17.9 Å². The quantitative estimate of drug-likeness (QED) is 0.0878. The first-order chi connectivity index (χ1) is 28.0. The summed E-state index contributed by atoms with van der Waals surface area (Å²) in [5.74, 6) is 10.1. The molecule has 4 unspecified atom stereocenters. The van der Waals surface area contributed by atoms with Crippen molar-refractivity contribution in [1.82, 2.24) is 5.43 Å². The molecular weight excluding hydrogens is 693 g/mol. The van der Waals surface area contributed by atoms with E-state index < -0.39 is 0 Å². The van der Waals surface area contributed by atoms with Gasteiger partial charge in [-0.2, -0.15) is 0 Å². The van der Waals surface area contributed by atoms with E-state index in [1.807, 2.05) is 48.5 Å². The molecule has 0 spiro atoms. The zero-order chi connectivity index (χ0) is 39.4. The van der Waals surface area contributed by atoms with E-state index in [0.29, 0.717) is 11.6 Å². The summed E-state index contributed by atoms with van der Waals surface area (Å²) < 4.78 is 6.54. The molecule has 4 atom stereocenters. The first kappa shape index (κ1) is 39.1. The number of fused-ring (bicyclic) bond motifs is 3. The predicted molar refractivity (Wildman–Crippen MR) is 241 cm³/mol. The summed E-state index contributed by atoms with van der Waals surface area (Å²) in [4.78, 5) is 0. The second-order valence-electron chi connectivity index (χ2n) is 14.9. The summed E-state index contributed by atoms with van der Waals surface area (Å²) in [5.41, 5.74) is 20.8. The van der Waals surface area contributed by atoms with Crippen molar-refractivity contribution in [2.75, 3.05) is 0 Å². The molecule has 0 fully saturated rings. The SMILES string of the molecule is C=C(N)c1ccccc1.CCC/C(=C\CC1C=CC=CC1)C1=CC2Oc3ccc(-c4bcc(C(/C=C(\NN)c5ccccc5)c5ccccc5)cc4)cc3C2C=C1. The number of nitrogens with two attached hydrogens (primary N) is 2. The van der Waals surface area contributed by atoms with Crippen LogP contribution in [0.5, 0.6) is 5.75 Å². The Bertz CT molecular complexity index is 2300. The van der Waals surface area contributed by atoms with Crippen LogP contribution in [0.4, 0.5) is 0 Å². The van der Waals surface area contributed by atoms with E-state index in [2.05, 4.69) is 159 Å². The number of nitrogens with one attached hydrogen (secondary N) is 1. The fraction of sp³-hybridized carbons (Fsp3) is 0.173. The molecule has 1 aliphatic heterocycles. The van der Waals surface area contributed by atoms with Gasteiger partial charge in [0.1, 0.15) is 0 Å². The topological polar surface area (TPSA) is 73.3 Å². The number of allylic oxidation sites excluding steroid dienone is 9. The molecule has 5 aromatic rings. The molecule has 5 heteroatoms. The maximum absolute atomic E-state index is 6.54. The second kappa shape index (κ2) is 19.1. The van der Waals surface area contributed by atoms with E-state index in [0.717, 1.165) is 48.3 Å². The predicted octanol–water partition coefficient (Wildman–Crippen LogP) is 11.5. The van der Waals surface area contributed by atoms with Crippen molar-refractivity contribution in [3.63, 3.8) is 0 Å². The Balaban J connectivity index is 0.000000487. The third kappa shape index (κ3) is 9.81. The van der Waals surface area contributed by atoms with E-state index in [1.165, 1.54) is 38.9 Å². The molecule has 57 heavy (non-hydrogen) atoms. The van der Waals surface area contributed by atoms with Gasteiger partial charge in [0.2, 0.25) is 0 Å². The third-order valence-electron chi connectivity index (χ3n) is 10.9. The van der Waals surface area contributed by atoms with Crippen molar-refractivity contribution in [3.05, 3.63) is 228 Å². The Morgan fingerprint density at radius 1 is 0.877 bits per heavy atom. The zero-order valence-electron chi connectivity index (χ0n) is 32.8. The summed E-state index contributed by atoms with van der Waals surface area (Å²) in [6.45, 7) is 8.10. The van der Waals surface area contributed by atoms with Gasteiger partial charge in [-0.1, -0.05) is 61.2 Å². The van der Waals surface area contributed by atoms with Crippen molar-refractivity contribution < 1.29 is 4.74 Å². The fourth-order valence-electron chi connectivity index (χ4n) is 7.82. The van der Waals surface area contributed by atoms with Gasteiger partial charge in [-0.05, 0) is 12.0 Å². The molecule has 3 aliphatic rings. The van der Waals surface area contributed by atoms with Crippen LogP contribution in [-0.2, 0) is 0 Å². The van der Waals surface area contributed by atoms with E-state index in [9.17, 15) is 0 Å². The van der Waals surface area contributed by atoms with Crippen molar-refractivity contribution in [3.8, 4) is 16.8 Å². The molecule has 0 bridgehead atoms. The van der Waals surface area contributed by atoms with E-state index >= 15 is 0 Å². The van der Waals surface area contributed by atoms with Gasteiger partial charge >= 0.3 is 256 Å². The number of hydrogen-bond acceptors (Lipinski definition) is 4. The van der Waals surface area contributed by atoms with Crippen LogP contribution in [0.1, 0.15) is 72.3 Å². The molecule has 284 valence electrons. The summed E-state index contributed by atoms with van der Waals surface area (Å²) >= 11 is 0. The number of hydrazine groups is 1. The van der Waals surface area contributed by atoms with Crippen LogP contribution in [0, 0.1) is 5.92 Å². The molecule has 4 aromatic carbocycles.